The van der Waals surface area contributed by atoms with Crippen LogP contribution in [0.5, 0.6) is 0 Å². The van der Waals surface area contributed by atoms with Crippen LogP contribution in [0, 0.1) is 5.82 Å². The van der Waals surface area contributed by atoms with E-state index in [-0.39, 0.29) is 11.7 Å². The quantitative estimate of drug-likeness (QED) is 0.817. The minimum atomic E-state index is -0.216. The number of fused-ring (bicyclic) bond motifs is 1. The molecular weight excluding hydrogens is 219 g/mol. The van der Waals surface area contributed by atoms with Crippen LogP contribution in [0.1, 0.15) is 30.1 Å². The van der Waals surface area contributed by atoms with Crippen LogP contribution >= 0.6 is 0 Å². The third-order valence-electron chi connectivity index (χ3n) is 3.14. The van der Waals surface area contributed by atoms with Gasteiger partial charge in [0.05, 0.1) is 0 Å². The van der Waals surface area contributed by atoms with E-state index < -0.39 is 0 Å². The van der Waals surface area contributed by atoms with Gasteiger partial charge in [-0.15, -0.1) is 5.10 Å². The van der Waals surface area contributed by atoms with Crippen molar-refractivity contribution in [2.75, 3.05) is 5.73 Å². The number of hydrogen-bond donors (Lipinski definition) is 1. The molecule has 1 aromatic heterocycles. The van der Waals surface area contributed by atoms with Crippen molar-refractivity contribution < 1.29 is 4.39 Å². The Morgan fingerprint density at radius 2 is 2.29 bits per heavy atom. The first-order valence-electron chi connectivity index (χ1n) is 5.70. The highest BCUT2D eigenvalue weighted by Crippen LogP contribution is 2.32. The van der Waals surface area contributed by atoms with Crippen LogP contribution in [0.4, 0.5) is 10.3 Å². The van der Waals surface area contributed by atoms with Crippen LogP contribution in [0.25, 0.3) is 0 Å². The lowest BCUT2D eigenvalue weighted by atomic mass is 9.91. The number of nitrogens with two attached hydrogens (primary N) is 1. The molecule has 0 saturated carbocycles. The van der Waals surface area contributed by atoms with Gasteiger partial charge in [0.25, 0.3) is 0 Å². The van der Waals surface area contributed by atoms with E-state index in [4.69, 9.17) is 5.73 Å². The molecule has 2 heterocycles. The molecule has 0 amide bonds. The maximum Gasteiger partial charge on any atom is 0.239 e. The fourth-order valence-electron chi connectivity index (χ4n) is 2.41. The van der Waals surface area contributed by atoms with Crippen LogP contribution < -0.4 is 5.73 Å². The molecule has 0 spiro atoms. The minimum absolute atomic E-state index is 0.101. The van der Waals surface area contributed by atoms with Gasteiger partial charge in [0, 0.05) is 12.5 Å². The molecular formula is C12H13FN4. The van der Waals surface area contributed by atoms with Gasteiger partial charge in [0.1, 0.15) is 11.6 Å². The molecule has 0 bridgehead atoms. The van der Waals surface area contributed by atoms with Crippen molar-refractivity contribution in [3.05, 3.63) is 41.5 Å². The Morgan fingerprint density at radius 3 is 3.12 bits per heavy atom. The lowest BCUT2D eigenvalue weighted by Gasteiger charge is -2.22. The molecule has 0 aliphatic carbocycles. The SMILES string of the molecule is Nc1nc2n(n1)CCCC2c1cccc(F)c1. The zero-order valence-corrected chi connectivity index (χ0v) is 9.31. The highest BCUT2D eigenvalue weighted by molar-refractivity contribution is 5.29. The zero-order chi connectivity index (χ0) is 11.8. The number of halogens is 1. The summed E-state index contributed by atoms with van der Waals surface area (Å²) in [5.41, 5.74) is 6.55. The number of nitrogens with zero attached hydrogens (tertiary/aromatic N) is 3. The molecule has 1 atom stereocenters. The predicted octanol–water partition coefficient (Wildman–Crippen LogP) is 1.93. The molecule has 17 heavy (non-hydrogen) atoms. The Labute approximate surface area is 98.3 Å². The first-order valence-corrected chi connectivity index (χ1v) is 5.70. The van der Waals surface area contributed by atoms with E-state index in [0.29, 0.717) is 5.95 Å². The van der Waals surface area contributed by atoms with Gasteiger partial charge in [-0.2, -0.15) is 4.98 Å². The molecule has 5 heteroatoms. The second-order valence-corrected chi connectivity index (χ2v) is 4.30. The molecule has 88 valence electrons. The van der Waals surface area contributed by atoms with Gasteiger partial charge < -0.3 is 5.73 Å². The van der Waals surface area contributed by atoms with Crippen LogP contribution in [0.3, 0.4) is 0 Å². The molecule has 1 aromatic carbocycles. The highest BCUT2D eigenvalue weighted by atomic mass is 19.1. The van der Waals surface area contributed by atoms with Gasteiger partial charge in [0.2, 0.25) is 5.95 Å². The van der Waals surface area contributed by atoms with Crippen molar-refractivity contribution in [2.24, 2.45) is 0 Å². The smallest absolute Gasteiger partial charge is 0.239 e. The van der Waals surface area contributed by atoms with Crippen molar-refractivity contribution in [2.45, 2.75) is 25.3 Å². The Bertz CT molecular complexity index is 549. The van der Waals surface area contributed by atoms with Gasteiger partial charge in [-0.25, -0.2) is 9.07 Å². The Balaban J connectivity index is 2.05. The summed E-state index contributed by atoms with van der Waals surface area (Å²) in [5.74, 6) is 1.03. The standard InChI is InChI=1S/C12H13FN4/c13-9-4-1-3-8(7-9)10-5-2-6-17-11(10)15-12(14)16-17/h1,3-4,7,10H,2,5-6H2,(H2,14,16). The third kappa shape index (κ3) is 1.77. The average molecular weight is 232 g/mol. The van der Waals surface area contributed by atoms with E-state index in [0.717, 1.165) is 30.8 Å². The number of aromatic nitrogens is 3. The van der Waals surface area contributed by atoms with E-state index in [1.807, 2.05) is 10.7 Å². The maximum absolute atomic E-state index is 13.2. The summed E-state index contributed by atoms with van der Waals surface area (Å²) >= 11 is 0. The summed E-state index contributed by atoms with van der Waals surface area (Å²) in [6.45, 7) is 0.839. The van der Waals surface area contributed by atoms with Gasteiger partial charge in [-0.3, -0.25) is 0 Å². The van der Waals surface area contributed by atoms with Crippen LogP contribution in [-0.4, -0.2) is 14.8 Å². The number of hydrogen-bond acceptors (Lipinski definition) is 3. The molecule has 0 saturated heterocycles. The van der Waals surface area contributed by atoms with Crippen molar-refractivity contribution >= 4 is 5.95 Å². The predicted molar refractivity (Wildman–Crippen MR) is 61.9 cm³/mol. The molecule has 3 rings (SSSR count). The van der Waals surface area contributed by atoms with Crippen LogP contribution in [0.15, 0.2) is 24.3 Å². The largest absolute Gasteiger partial charge is 0.366 e. The Hall–Kier alpha value is -1.91. The second kappa shape index (κ2) is 3.84. The van der Waals surface area contributed by atoms with Crippen molar-refractivity contribution in [1.82, 2.24) is 14.8 Å². The number of aryl methyl sites for hydroxylation is 1. The van der Waals surface area contributed by atoms with E-state index >= 15 is 0 Å². The normalized spacial score (nSPS) is 19.0. The lowest BCUT2D eigenvalue weighted by Crippen LogP contribution is -2.18. The molecule has 2 N–H and O–H groups in total. The summed E-state index contributed by atoms with van der Waals surface area (Å²) in [6.07, 6.45) is 1.97. The van der Waals surface area contributed by atoms with E-state index in [1.54, 1.807) is 12.1 Å². The summed E-state index contributed by atoms with van der Waals surface area (Å²) < 4.78 is 15.1. The van der Waals surface area contributed by atoms with Crippen LogP contribution in [-0.2, 0) is 6.54 Å². The lowest BCUT2D eigenvalue weighted by molar-refractivity contribution is 0.445. The van der Waals surface area contributed by atoms with Crippen molar-refractivity contribution in [1.29, 1.82) is 0 Å². The number of nitrogen functional groups attached to an aromatic ring is 1. The fourth-order valence-corrected chi connectivity index (χ4v) is 2.41. The van der Waals surface area contributed by atoms with Crippen LogP contribution in [0.2, 0.25) is 0 Å². The van der Waals surface area contributed by atoms with Gasteiger partial charge in [0.15, 0.2) is 0 Å². The monoisotopic (exact) mass is 232 g/mol. The summed E-state index contributed by atoms with van der Waals surface area (Å²) in [5, 5.41) is 4.14. The van der Waals surface area contributed by atoms with E-state index in [2.05, 4.69) is 10.1 Å². The molecule has 2 aromatic rings. The van der Waals surface area contributed by atoms with Gasteiger partial charge in [-0.1, -0.05) is 12.1 Å². The van der Waals surface area contributed by atoms with E-state index in [9.17, 15) is 4.39 Å². The first kappa shape index (κ1) is 10.3. The third-order valence-corrected chi connectivity index (χ3v) is 3.14. The maximum atomic E-state index is 13.2. The minimum Gasteiger partial charge on any atom is -0.366 e. The molecule has 1 unspecified atom stereocenters. The topological polar surface area (TPSA) is 56.7 Å². The van der Waals surface area contributed by atoms with E-state index in [1.165, 1.54) is 6.07 Å². The summed E-state index contributed by atoms with van der Waals surface area (Å²) in [6, 6.07) is 6.66. The number of anilines is 1. The Kier molecular flexibility index (Phi) is 2.31. The van der Waals surface area contributed by atoms with Crippen molar-refractivity contribution in [3.63, 3.8) is 0 Å². The highest BCUT2D eigenvalue weighted by Gasteiger charge is 2.25. The molecule has 1 aliphatic rings. The zero-order valence-electron chi connectivity index (χ0n) is 9.31. The van der Waals surface area contributed by atoms with Crippen molar-refractivity contribution in [3.8, 4) is 0 Å². The fraction of sp³-hybridized carbons (Fsp3) is 0.333. The molecule has 4 nitrogen and oxygen atoms in total. The molecule has 0 radical (unpaired) electrons. The first-order chi connectivity index (χ1) is 8.24. The average Bonchev–Trinajstić information content (AvgIpc) is 2.68. The number of rotatable bonds is 1. The van der Waals surface area contributed by atoms with Gasteiger partial charge in [-0.05, 0) is 30.5 Å². The Morgan fingerprint density at radius 1 is 1.41 bits per heavy atom. The summed E-state index contributed by atoms with van der Waals surface area (Å²) in [4.78, 5) is 4.25. The van der Waals surface area contributed by atoms with Gasteiger partial charge >= 0.3 is 0 Å². The second-order valence-electron chi connectivity index (χ2n) is 4.30. The molecule has 1 aliphatic heterocycles. The molecule has 0 fully saturated rings. The summed E-state index contributed by atoms with van der Waals surface area (Å²) in [7, 11) is 0. The number of benzene rings is 1.